The molecule has 0 heterocycles. The van der Waals surface area contributed by atoms with Gasteiger partial charge in [0.2, 0.25) is 0 Å². The van der Waals surface area contributed by atoms with Gasteiger partial charge in [0.15, 0.2) is 0 Å². The first-order valence-corrected chi connectivity index (χ1v) is 8.01. The SMILES string of the molecule is CC1CCCC(Sc2ccc(CN)cc2Br)C1. The van der Waals surface area contributed by atoms with Crippen LogP contribution in [0.1, 0.15) is 38.2 Å². The number of halogens is 1. The Morgan fingerprint density at radius 1 is 1.41 bits per heavy atom. The van der Waals surface area contributed by atoms with E-state index >= 15 is 0 Å². The van der Waals surface area contributed by atoms with Crippen LogP contribution in [0.4, 0.5) is 0 Å². The van der Waals surface area contributed by atoms with Gasteiger partial charge in [0.05, 0.1) is 0 Å². The number of rotatable bonds is 3. The Morgan fingerprint density at radius 3 is 2.88 bits per heavy atom. The summed E-state index contributed by atoms with van der Waals surface area (Å²) in [6.07, 6.45) is 5.51. The van der Waals surface area contributed by atoms with E-state index in [4.69, 9.17) is 5.73 Å². The number of hydrogen-bond acceptors (Lipinski definition) is 2. The summed E-state index contributed by atoms with van der Waals surface area (Å²) in [5.41, 5.74) is 6.84. The maximum atomic E-state index is 5.64. The predicted molar refractivity (Wildman–Crippen MR) is 79.3 cm³/mol. The Balaban J connectivity index is 2.02. The van der Waals surface area contributed by atoms with Crippen LogP contribution in [0.3, 0.4) is 0 Å². The monoisotopic (exact) mass is 313 g/mol. The fraction of sp³-hybridized carbons (Fsp3) is 0.571. The topological polar surface area (TPSA) is 26.0 Å². The summed E-state index contributed by atoms with van der Waals surface area (Å²) in [7, 11) is 0. The molecule has 1 nitrogen and oxygen atoms in total. The van der Waals surface area contributed by atoms with Gasteiger partial charge in [0.1, 0.15) is 0 Å². The average Bonchev–Trinajstić information content (AvgIpc) is 2.32. The quantitative estimate of drug-likeness (QED) is 0.884. The van der Waals surface area contributed by atoms with Gasteiger partial charge in [-0.1, -0.05) is 25.8 Å². The lowest BCUT2D eigenvalue weighted by Crippen LogP contribution is -2.14. The van der Waals surface area contributed by atoms with Crippen LogP contribution in [0.25, 0.3) is 0 Å². The van der Waals surface area contributed by atoms with Crippen LogP contribution in [-0.4, -0.2) is 5.25 Å². The first kappa shape index (κ1) is 13.4. The summed E-state index contributed by atoms with van der Waals surface area (Å²) < 4.78 is 1.20. The van der Waals surface area contributed by atoms with Crippen molar-refractivity contribution in [3.05, 3.63) is 28.2 Å². The van der Waals surface area contributed by atoms with E-state index in [0.29, 0.717) is 6.54 Å². The Kier molecular flexibility index (Phi) is 4.95. The number of benzene rings is 1. The summed E-state index contributed by atoms with van der Waals surface area (Å²) in [4.78, 5) is 1.36. The second kappa shape index (κ2) is 6.26. The molecule has 0 aliphatic heterocycles. The van der Waals surface area contributed by atoms with E-state index in [-0.39, 0.29) is 0 Å². The normalized spacial score (nSPS) is 24.9. The minimum atomic E-state index is 0.615. The zero-order valence-corrected chi connectivity index (χ0v) is 12.7. The van der Waals surface area contributed by atoms with E-state index in [0.717, 1.165) is 11.2 Å². The van der Waals surface area contributed by atoms with Crippen LogP contribution in [0.5, 0.6) is 0 Å². The van der Waals surface area contributed by atoms with Gasteiger partial charge in [0.25, 0.3) is 0 Å². The molecule has 0 spiro atoms. The fourth-order valence-corrected chi connectivity index (χ4v) is 4.53. The summed E-state index contributed by atoms with van der Waals surface area (Å²) in [5, 5.41) is 0.791. The summed E-state index contributed by atoms with van der Waals surface area (Å²) >= 11 is 5.68. The largest absolute Gasteiger partial charge is 0.326 e. The molecule has 17 heavy (non-hydrogen) atoms. The molecule has 1 aromatic rings. The van der Waals surface area contributed by atoms with Crippen molar-refractivity contribution in [2.24, 2.45) is 11.7 Å². The van der Waals surface area contributed by atoms with Crippen molar-refractivity contribution in [3.63, 3.8) is 0 Å². The predicted octanol–water partition coefficient (Wildman–Crippen LogP) is 4.58. The molecule has 1 aromatic carbocycles. The van der Waals surface area contributed by atoms with Crippen LogP contribution in [0.15, 0.2) is 27.6 Å². The second-order valence-electron chi connectivity index (χ2n) is 4.98. The van der Waals surface area contributed by atoms with Gasteiger partial charge in [-0.2, -0.15) is 0 Å². The molecule has 94 valence electrons. The van der Waals surface area contributed by atoms with E-state index in [1.54, 1.807) is 0 Å². The third-order valence-electron chi connectivity index (χ3n) is 3.41. The molecular formula is C14H20BrNS. The smallest absolute Gasteiger partial charge is 0.0314 e. The Hall–Kier alpha value is 0.01000. The van der Waals surface area contributed by atoms with Crippen molar-refractivity contribution in [2.75, 3.05) is 0 Å². The van der Waals surface area contributed by atoms with E-state index in [1.807, 2.05) is 11.8 Å². The van der Waals surface area contributed by atoms with Crippen molar-refractivity contribution < 1.29 is 0 Å². The lowest BCUT2D eigenvalue weighted by atomic mass is 9.91. The third-order valence-corrected chi connectivity index (χ3v) is 5.70. The molecule has 1 saturated carbocycles. The molecule has 0 bridgehead atoms. The lowest BCUT2D eigenvalue weighted by Gasteiger charge is -2.26. The fourth-order valence-electron chi connectivity index (χ4n) is 2.43. The van der Waals surface area contributed by atoms with E-state index in [1.165, 1.54) is 40.6 Å². The number of thioether (sulfide) groups is 1. The van der Waals surface area contributed by atoms with Crippen molar-refractivity contribution in [2.45, 2.75) is 49.3 Å². The zero-order valence-electron chi connectivity index (χ0n) is 10.3. The standard InChI is InChI=1S/C14H20BrNS/c1-10-3-2-4-12(7-10)17-14-6-5-11(9-16)8-13(14)15/h5-6,8,10,12H,2-4,7,9,16H2,1H3. The molecule has 2 N–H and O–H groups in total. The first-order chi connectivity index (χ1) is 8.19. The highest BCUT2D eigenvalue weighted by Crippen LogP contribution is 2.39. The second-order valence-corrected chi connectivity index (χ2v) is 7.18. The number of hydrogen-bond donors (Lipinski definition) is 1. The molecule has 0 amide bonds. The highest BCUT2D eigenvalue weighted by atomic mass is 79.9. The summed E-state index contributed by atoms with van der Waals surface area (Å²) in [6.45, 7) is 2.99. The average molecular weight is 314 g/mol. The number of nitrogens with two attached hydrogens (primary N) is 1. The molecule has 0 saturated heterocycles. The van der Waals surface area contributed by atoms with Crippen LogP contribution in [0, 0.1) is 5.92 Å². The molecule has 2 unspecified atom stereocenters. The first-order valence-electron chi connectivity index (χ1n) is 6.34. The van der Waals surface area contributed by atoms with Crippen molar-refractivity contribution in [1.82, 2.24) is 0 Å². The minimum Gasteiger partial charge on any atom is -0.326 e. The van der Waals surface area contributed by atoms with Gasteiger partial charge in [-0.05, 0) is 52.4 Å². The van der Waals surface area contributed by atoms with Crippen molar-refractivity contribution in [3.8, 4) is 0 Å². The van der Waals surface area contributed by atoms with Gasteiger partial charge < -0.3 is 5.73 Å². The van der Waals surface area contributed by atoms with E-state index in [9.17, 15) is 0 Å². The lowest BCUT2D eigenvalue weighted by molar-refractivity contribution is 0.394. The van der Waals surface area contributed by atoms with Crippen molar-refractivity contribution >= 4 is 27.7 Å². The van der Waals surface area contributed by atoms with Gasteiger partial charge >= 0.3 is 0 Å². The summed E-state index contributed by atoms with van der Waals surface area (Å²) in [5.74, 6) is 0.892. The van der Waals surface area contributed by atoms with E-state index in [2.05, 4.69) is 41.1 Å². The maximum Gasteiger partial charge on any atom is 0.0314 e. The Morgan fingerprint density at radius 2 is 2.24 bits per heavy atom. The Bertz CT molecular complexity index is 380. The van der Waals surface area contributed by atoms with Crippen LogP contribution >= 0.6 is 27.7 Å². The minimum absolute atomic E-state index is 0.615. The molecule has 0 radical (unpaired) electrons. The molecular weight excluding hydrogens is 294 g/mol. The van der Waals surface area contributed by atoms with Crippen molar-refractivity contribution in [1.29, 1.82) is 0 Å². The zero-order chi connectivity index (χ0) is 12.3. The van der Waals surface area contributed by atoms with Gasteiger partial charge in [-0.3, -0.25) is 0 Å². The third kappa shape index (κ3) is 3.73. The molecule has 3 heteroatoms. The molecule has 1 aliphatic carbocycles. The van der Waals surface area contributed by atoms with Crippen LogP contribution in [-0.2, 0) is 6.54 Å². The molecule has 1 fully saturated rings. The highest BCUT2D eigenvalue weighted by molar-refractivity contribution is 9.10. The highest BCUT2D eigenvalue weighted by Gasteiger charge is 2.20. The van der Waals surface area contributed by atoms with Crippen LogP contribution in [0.2, 0.25) is 0 Å². The van der Waals surface area contributed by atoms with Gasteiger partial charge in [0, 0.05) is 21.2 Å². The molecule has 2 atom stereocenters. The van der Waals surface area contributed by atoms with Crippen LogP contribution < -0.4 is 5.73 Å². The molecule has 1 aliphatic rings. The Labute approximate surface area is 117 Å². The van der Waals surface area contributed by atoms with E-state index < -0.39 is 0 Å². The summed E-state index contributed by atoms with van der Waals surface area (Å²) in [6, 6.07) is 6.49. The molecule has 2 rings (SSSR count). The molecule has 0 aromatic heterocycles. The van der Waals surface area contributed by atoms with Gasteiger partial charge in [-0.25, -0.2) is 0 Å². The van der Waals surface area contributed by atoms with Gasteiger partial charge in [-0.15, -0.1) is 11.8 Å². The maximum absolute atomic E-state index is 5.64.